The van der Waals surface area contributed by atoms with Gasteiger partial charge in [0.05, 0.1) is 13.7 Å². The van der Waals surface area contributed by atoms with Crippen molar-refractivity contribution < 1.29 is 19.3 Å². The molecule has 1 atom stereocenters. The highest BCUT2D eigenvalue weighted by Gasteiger charge is 2.60. The van der Waals surface area contributed by atoms with E-state index in [-0.39, 0.29) is 11.7 Å². The van der Waals surface area contributed by atoms with Gasteiger partial charge in [-0.1, -0.05) is 31.0 Å². The van der Waals surface area contributed by atoms with Crippen molar-refractivity contribution in [2.24, 2.45) is 0 Å². The normalized spacial score (nSPS) is 22.5. The second-order valence-electron chi connectivity index (χ2n) is 8.07. The van der Waals surface area contributed by atoms with Gasteiger partial charge in [-0.05, 0) is 56.7 Å². The van der Waals surface area contributed by atoms with Crippen molar-refractivity contribution in [3.05, 3.63) is 34.4 Å². The number of carbonyl (C=O) groups is 2. The molecule has 2 fully saturated rings. The van der Waals surface area contributed by atoms with E-state index in [1.54, 1.807) is 0 Å². The van der Waals surface area contributed by atoms with E-state index in [1.165, 1.54) is 12.2 Å². The zero-order valence-corrected chi connectivity index (χ0v) is 17.7. The molecule has 0 aliphatic carbocycles. The molecule has 2 aliphatic heterocycles. The predicted molar refractivity (Wildman–Crippen MR) is 107 cm³/mol. The van der Waals surface area contributed by atoms with Gasteiger partial charge in [-0.15, -0.1) is 0 Å². The number of rotatable bonds is 6. The fourth-order valence-electron chi connectivity index (χ4n) is 4.75. The van der Waals surface area contributed by atoms with E-state index in [4.69, 9.17) is 9.68 Å². The monoisotopic (exact) mass is 388 g/mol. The number of benzene rings is 1. The molecular formula is C22H32N2O4. The van der Waals surface area contributed by atoms with Gasteiger partial charge in [0.25, 0.3) is 5.91 Å². The summed E-state index contributed by atoms with van der Waals surface area (Å²) in [6, 6.07) is 4.07. The minimum atomic E-state index is -0.898. The minimum absolute atomic E-state index is 0.0392. The third-order valence-corrected chi connectivity index (χ3v) is 6.09. The lowest BCUT2D eigenvalue weighted by atomic mass is 9.79. The largest absolute Gasteiger partial charge is 0.299 e. The maximum Gasteiger partial charge on any atom is 0.262 e. The Bertz CT molecular complexity index is 730. The SMILES string of the molecule is CCCCON1CCC2(CC1)C(=O)C(c1c(C)cc(C)cc1C)C(=O)N2OC. The molecule has 1 aromatic rings. The standard InChI is InChI=1S/C22H32N2O4/c1-6-7-12-28-23-10-8-22(9-11-23)20(25)19(21(26)24(22)27-5)18-16(3)13-15(2)14-17(18)4/h13-14,19H,6-12H2,1-5H3. The molecule has 0 N–H and O–H groups in total. The number of ketones is 1. The van der Waals surface area contributed by atoms with Crippen LogP contribution >= 0.6 is 0 Å². The lowest BCUT2D eigenvalue weighted by Gasteiger charge is -2.41. The summed E-state index contributed by atoms with van der Waals surface area (Å²) in [7, 11) is 1.48. The molecule has 0 radical (unpaired) electrons. The van der Waals surface area contributed by atoms with Crippen LogP contribution < -0.4 is 0 Å². The average Bonchev–Trinajstić information content (AvgIpc) is 2.84. The van der Waals surface area contributed by atoms with Crippen LogP contribution in [-0.2, 0) is 19.3 Å². The smallest absolute Gasteiger partial charge is 0.262 e. The minimum Gasteiger partial charge on any atom is -0.299 e. The number of aryl methyl sites for hydroxylation is 3. The van der Waals surface area contributed by atoms with Crippen LogP contribution in [0.5, 0.6) is 0 Å². The third-order valence-electron chi connectivity index (χ3n) is 6.09. The number of hydroxylamine groups is 4. The van der Waals surface area contributed by atoms with Crippen LogP contribution in [0.1, 0.15) is 60.8 Å². The van der Waals surface area contributed by atoms with Gasteiger partial charge in [-0.2, -0.15) is 5.06 Å². The summed E-state index contributed by atoms with van der Waals surface area (Å²) < 4.78 is 0. The van der Waals surface area contributed by atoms with E-state index >= 15 is 0 Å². The van der Waals surface area contributed by atoms with Crippen LogP contribution in [0, 0.1) is 20.8 Å². The molecule has 154 valence electrons. The highest BCUT2D eigenvalue weighted by atomic mass is 16.7. The van der Waals surface area contributed by atoms with Crippen LogP contribution in [0.3, 0.4) is 0 Å². The Kier molecular flexibility index (Phi) is 6.22. The second kappa shape index (κ2) is 8.31. The lowest BCUT2D eigenvalue weighted by Crippen LogP contribution is -2.56. The molecule has 0 aromatic heterocycles. The Morgan fingerprint density at radius 1 is 1.11 bits per heavy atom. The van der Waals surface area contributed by atoms with Gasteiger partial charge in [0.1, 0.15) is 11.5 Å². The van der Waals surface area contributed by atoms with Gasteiger partial charge in [0.15, 0.2) is 5.78 Å². The molecule has 2 saturated heterocycles. The molecule has 28 heavy (non-hydrogen) atoms. The molecule has 6 heteroatoms. The van der Waals surface area contributed by atoms with E-state index < -0.39 is 11.5 Å². The summed E-state index contributed by atoms with van der Waals surface area (Å²) in [6.45, 7) is 10.0. The number of hydrogen-bond donors (Lipinski definition) is 0. The Hall–Kier alpha value is -1.76. The number of carbonyl (C=O) groups excluding carboxylic acids is 2. The van der Waals surface area contributed by atoms with Gasteiger partial charge in [0, 0.05) is 13.1 Å². The van der Waals surface area contributed by atoms with Crippen molar-refractivity contribution in [2.75, 3.05) is 26.8 Å². The molecule has 3 rings (SSSR count). The van der Waals surface area contributed by atoms with Crippen LogP contribution in [0.25, 0.3) is 0 Å². The van der Waals surface area contributed by atoms with Crippen LogP contribution in [0.15, 0.2) is 12.1 Å². The number of nitrogens with zero attached hydrogens (tertiary/aromatic N) is 2. The Morgan fingerprint density at radius 3 is 2.25 bits per heavy atom. The van der Waals surface area contributed by atoms with Crippen molar-refractivity contribution in [2.45, 2.75) is 64.8 Å². The summed E-state index contributed by atoms with van der Waals surface area (Å²) in [5.41, 5.74) is 3.04. The zero-order chi connectivity index (χ0) is 20.5. The van der Waals surface area contributed by atoms with E-state index in [9.17, 15) is 9.59 Å². The van der Waals surface area contributed by atoms with Crippen LogP contribution in [0.2, 0.25) is 0 Å². The second-order valence-corrected chi connectivity index (χ2v) is 8.07. The molecule has 0 bridgehead atoms. The van der Waals surface area contributed by atoms with E-state index in [0.717, 1.165) is 35.1 Å². The first-order valence-electron chi connectivity index (χ1n) is 10.2. The molecule has 6 nitrogen and oxygen atoms in total. The van der Waals surface area contributed by atoms with Crippen molar-refractivity contribution in [3.8, 4) is 0 Å². The van der Waals surface area contributed by atoms with Gasteiger partial charge >= 0.3 is 0 Å². The summed E-state index contributed by atoms with van der Waals surface area (Å²) in [5.74, 6) is -1.07. The van der Waals surface area contributed by atoms with E-state index in [1.807, 2.05) is 38.0 Å². The molecule has 0 saturated carbocycles. The van der Waals surface area contributed by atoms with Crippen molar-refractivity contribution in [3.63, 3.8) is 0 Å². The number of amides is 1. The highest BCUT2D eigenvalue weighted by Crippen LogP contribution is 2.44. The first-order chi connectivity index (χ1) is 13.4. The van der Waals surface area contributed by atoms with Crippen LogP contribution in [-0.4, -0.2) is 54.2 Å². The van der Waals surface area contributed by atoms with Crippen molar-refractivity contribution >= 4 is 11.7 Å². The van der Waals surface area contributed by atoms with Crippen molar-refractivity contribution in [1.29, 1.82) is 0 Å². The quantitative estimate of drug-likeness (QED) is 0.553. The first-order valence-corrected chi connectivity index (χ1v) is 10.2. The summed E-state index contributed by atoms with van der Waals surface area (Å²) in [4.78, 5) is 38.1. The molecule has 1 amide bonds. The van der Waals surface area contributed by atoms with Gasteiger partial charge in [-0.25, -0.2) is 5.06 Å². The topological polar surface area (TPSA) is 59.1 Å². The first kappa shape index (κ1) is 21.0. The van der Waals surface area contributed by atoms with Crippen molar-refractivity contribution in [1.82, 2.24) is 10.1 Å². The van der Waals surface area contributed by atoms with Gasteiger partial charge in [0.2, 0.25) is 0 Å². The Morgan fingerprint density at radius 2 is 1.71 bits per heavy atom. The summed E-state index contributed by atoms with van der Waals surface area (Å²) >= 11 is 0. The fourth-order valence-corrected chi connectivity index (χ4v) is 4.75. The molecule has 1 aromatic carbocycles. The molecule has 1 spiro atoms. The van der Waals surface area contributed by atoms with Gasteiger partial charge in [-0.3, -0.25) is 19.3 Å². The number of piperidine rings is 1. The molecule has 2 heterocycles. The summed E-state index contributed by atoms with van der Waals surface area (Å²) in [6.07, 6.45) is 3.15. The third kappa shape index (κ3) is 3.49. The Balaban J connectivity index is 1.87. The maximum absolute atomic E-state index is 13.6. The molecule has 1 unspecified atom stereocenters. The lowest BCUT2D eigenvalue weighted by molar-refractivity contribution is -0.226. The van der Waals surface area contributed by atoms with E-state index in [0.29, 0.717) is 32.5 Å². The number of unbranched alkanes of at least 4 members (excludes halogenated alkanes) is 1. The van der Waals surface area contributed by atoms with Gasteiger partial charge < -0.3 is 0 Å². The Labute approximate surface area is 167 Å². The zero-order valence-electron chi connectivity index (χ0n) is 17.7. The molecule has 2 aliphatic rings. The highest BCUT2D eigenvalue weighted by molar-refractivity contribution is 6.17. The van der Waals surface area contributed by atoms with E-state index in [2.05, 4.69) is 6.92 Å². The fraction of sp³-hybridized carbons (Fsp3) is 0.636. The average molecular weight is 389 g/mol. The number of Topliss-reactive ketones (excluding diaryl/α,β-unsaturated/α-hetero) is 1. The number of hydrogen-bond acceptors (Lipinski definition) is 5. The maximum atomic E-state index is 13.6. The summed E-state index contributed by atoms with van der Waals surface area (Å²) in [5, 5.41) is 3.27. The van der Waals surface area contributed by atoms with Crippen LogP contribution in [0.4, 0.5) is 0 Å². The predicted octanol–water partition coefficient (Wildman–Crippen LogP) is 3.23. The molecular weight excluding hydrogens is 356 g/mol.